The van der Waals surface area contributed by atoms with Crippen molar-refractivity contribution < 1.29 is 23.8 Å². The average molecular weight is 386 g/mol. The molecule has 7 heteroatoms. The van der Waals surface area contributed by atoms with Gasteiger partial charge in [0.15, 0.2) is 18.1 Å². The maximum Gasteiger partial charge on any atom is 0.338 e. The van der Waals surface area contributed by atoms with E-state index in [9.17, 15) is 9.59 Å². The minimum absolute atomic E-state index is 0.337. The van der Waals surface area contributed by atoms with E-state index >= 15 is 0 Å². The molecular formula is C21H26N2O5. The van der Waals surface area contributed by atoms with Crippen LogP contribution in [-0.2, 0) is 16.0 Å². The monoisotopic (exact) mass is 386 g/mol. The summed E-state index contributed by atoms with van der Waals surface area (Å²) < 4.78 is 16.1. The highest BCUT2D eigenvalue weighted by Crippen LogP contribution is 2.28. The molecule has 2 rings (SSSR count). The Balaban J connectivity index is 1.77. The number of nitrogens with one attached hydrogen (secondary N) is 1. The van der Waals surface area contributed by atoms with Gasteiger partial charge in [-0.1, -0.05) is 6.07 Å². The third kappa shape index (κ3) is 6.50. The molecule has 2 aromatic rings. The molecule has 7 nitrogen and oxygen atoms in total. The fourth-order valence-electron chi connectivity index (χ4n) is 2.48. The van der Waals surface area contributed by atoms with Gasteiger partial charge in [-0.05, 0) is 62.2 Å². The predicted molar refractivity (Wildman–Crippen MR) is 107 cm³/mol. The van der Waals surface area contributed by atoms with Crippen LogP contribution in [0.15, 0.2) is 42.5 Å². The zero-order valence-corrected chi connectivity index (χ0v) is 16.2. The fraction of sp³-hybridized carbons (Fsp3) is 0.333. The van der Waals surface area contributed by atoms with Crippen LogP contribution in [-0.4, -0.2) is 38.2 Å². The largest absolute Gasteiger partial charge is 0.490 e. The van der Waals surface area contributed by atoms with Gasteiger partial charge in [-0.2, -0.15) is 0 Å². The van der Waals surface area contributed by atoms with Crippen molar-refractivity contribution in [3.63, 3.8) is 0 Å². The van der Waals surface area contributed by atoms with Crippen LogP contribution >= 0.6 is 0 Å². The number of nitrogen functional groups attached to an aromatic ring is 1. The van der Waals surface area contributed by atoms with E-state index in [0.717, 1.165) is 5.56 Å². The molecule has 0 fully saturated rings. The van der Waals surface area contributed by atoms with Gasteiger partial charge in [-0.25, -0.2) is 4.79 Å². The number of ether oxygens (including phenoxy) is 3. The summed E-state index contributed by atoms with van der Waals surface area (Å²) in [6.45, 7) is 5.01. The van der Waals surface area contributed by atoms with Crippen LogP contribution in [0.4, 0.5) is 5.69 Å². The average Bonchev–Trinajstić information content (AvgIpc) is 2.69. The van der Waals surface area contributed by atoms with Crippen LogP contribution in [0, 0.1) is 0 Å². The summed E-state index contributed by atoms with van der Waals surface area (Å²) >= 11 is 0. The molecule has 0 unspecified atom stereocenters. The molecule has 28 heavy (non-hydrogen) atoms. The first kappa shape index (κ1) is 21.1. The summed E-state index contributed by atoms with van der Waals surface area (Å²) in [5.41, 5.74) is 7.47. The highest BCUT2D eigenvalue weighted by atomic mass is 16.5. The number of carbonyl (C=O) groups is 2. The number of nitrogens with two attached hydrogens (primary N) is 1. The summed E-state index contributed by atoms with van der Waals surface area (Å²) in [5, 5.41) is 2.73. The second-order valence-electron chi connectivity index (χ2n) is 5.95. The minimum atomic E-state index is -0.567. The van der Waals surface area contributed by atoms with Crippen molar-refractivity contribution in [2.24, 2.45) is 0 Å². The minimum Gasteiger partial charge on any atom is -0.490 e. The standard InChI is InChI=1S/C21H26N2O5/c1-3-26-18-10-5-15(13-19(18)27-4-2)11-12-23-20(24)14-28-21(25)16-6-8-17(22)9-7-16/h5-10,13H,3-4,11-12,14,22H2,1-2H3,(H,23,24). The van der Waals surface area contributed by atoms with Crippen LogP contribution in [0.1, 0.15) is 29.8 Å². The van der Waals surface area contributed by atoms with Gasteiger partial charge in [-0.3, -0.25) is 4.79 Å². The molecule has 150 valence electrons. The smallest absolute Gasteiger partial charge is 0.338 e. The SMILES string of the molecule is CCOc1ccc(CCNC(=O)COC(=O)c2ccc(N)cc2)cc1OCC. The zero-order chi connectivity index (χ0) is 20.4. The topological polar surface area (TPSA) is 99.9 Å². The third-order valence-corrected chi connectivity index (χ3v) is 3.82. The summed E-state index contributed by atoms with van der Waals surface area (Å²) in [5.74, 6) is 0.458. The number of amides is 1. The van der Waals surface area contributed by atoms with Crippen molar-refractivity contribution in [1.82, 2.24) is 5.32 Å². The van der Waals surface area contributed by atoms with Crippen LogP contribution in [0.3, 0.4) is 0 Å². The molecular weight excluding hydrogens is 360 g/mol. The Kier molecular flexibility index (Phi) is 8.14. The Morgan fingerprint density at radius 3 is 2.32 bits per heavy atom. The van der Waals surface area contributed by atoms with E-state index in [-0.39, 0.29) is 12.5 Å². The van der Waals surface area contributed by atoms with Crippen LogP contribution in [0.2, 0.25) is 0 Å². The van der Waals surface area contributed by atoms with Crippen molar-refractivity contribution in [3.8, 4) is 11.5 Å². The normalized spacial score (nSPS) is 10.2. The lowest BCUT2D eigenvalue weighted by atomic mass is 10.1. The number of carbonyl (C=O) groups excluding carboxylic acids is 2. The Labute approximate surface area is 164 Å². The van der Waals surface area contributed by atoms with Crippen molar-refractivity contribution >= 4 is 17.6 Å². The van der Waals surface area contributed by atoms with Gasteiger partial charge in [0.1, 0.15) is 0 Å². The van der Waals surface area contributed by atoms with Crippen LogP contribution in [0.25, 0.3) is 0 Å². The van der Waals surface area contributed by atoms with E-state index in [1.54, 1.807) is 24.3 Å². The van der Waals surface area contributed by atoms with Gasteiger partial charge < -0.3 is 25.3 Å². The molecule has 0 aliphatic rings. The summed E-state index contributed by atoms with van der Waals surface area (Å²) in [6.07, 6.45) is 0.615. The van der Waals surface area contributed by atoms with E-state index in [1.165, 1.54) is 0 Å². The van der Waals surface area contributed by atoms with E-state index in [4.69, 9.17) is 19.9 Å². The molecule has 0 atom stereocenters. The molecule has 0 saturated carbocycles. The molecule has 0 aliphatic heterocycles. The van der Waals surface area contributed by atoms with Gasteiger partial charge in [-0.15, -0.1) is 0 Å². The maximum absolute atomic E-state index is 11.9. The van der Waals surface area contributed by atoms with Crippen molar-refractivity contribution in [3.05, 3.63) is 53.6 Å². The summed E-state index contributed by atoms with van der Waals surface area (Å²) in [7, 11) is 0. The van der Waals surface area contributed by atoms with E-state index < -0.39 is 5.97 Å². The second kappa shape index (κ2) is 10.8. The number of benzene rings is 2. The first-order valence-corrected chi connectivity index (χ1v) is 9.21. The van der Waals surface area contributed by atoms with Crippen LogP contribution < -0.4 is 20.5 Å². The Morgan fingerprint density at radius 1 is 0.964 bits per heavy atom. The highest BCUT2D eigenvalue weighted by Gasteiger charge is 2.10. The molecule has 0 spiro atoms. The Bertz CT molecular complexity index is 790. The number of hydrogen-bond acceptors (Lipinski definition) is 6. The molecule has 0 saturated heterocycles. The van der Waals surface area contributed by atoms with E-state index in [0.29, 0.717) is 48.9 Å². The lowest BCUT2D eigenvalue weighted by Gasteiger charge is -2.12. The molecule has 0 bridgehead atoms. The Morgan fingerprint density at radius 2 is 1.64 bits per heavy atom. The van der Waals surface area contributed by atoms with Crippen molar-refractivity contribution in [1.29, 1.82) is 0 Å². The van der Waals surface area contributed by atoms with Crippen LogP contribution in [0.5, 0.6) is 11.5 Å². The first-order chi connectivity index (χ1) is 13.5. The highest BCUT2D eigenvalue weighted by molar-refractivity contribution is 5.91. The first-order valence-electron chi connectivity index (χ1n) is 9.21. The lowest BCUT2D eigenvalue weighted by molar-refractivity contribution is -0.124. The summed E-state index contributed by atoms with van der Waals surface area (Å²) in [4.78, 5) is 23.7. The molecule has 2 aromatic carbocycles. The molecule has 1 amide bonds. The number of anilines is 1. The molecule has 3 N–H and O–H groups in total. The third-order valence-electron chi connectivity index (χ3n) is 3.82. The van der Waals surface area contributed by atoms with Crippen molar-refractivity contribution in [2.75, 3.05) is 32.1 Å². The summed E-state index contributed by atoms with van der Waals surface area (Å²) in [6, 6.07) is 12.0. The van der Waals surface area contributed by atoms with Gasteiger partial charge in [0, 0.05) is 12.2 Å². The van der Waals surface area contributed by atoms with Gasteiger partial charge in [0.25, 0.3) is 5.91 Å². The van der Waals surface area contributed by atoms with Gasteiger partial charge >= 0.3 is 5.97 Å². The van der Waals surface area contributed by atoms with Crippen molar-refractivity contribution in [2.45, 2.75) is 20.3 Å². The van der Waals surface area contributed by atoms with Gasteiger partial charge in [0.05, 0.1) is 18.8 Å². The Hall–Kier alpha value is -3.22. The number of hydrogen-bond donors (Lipinski definition) is 2. The maximum atomic E-state index is 11.9. The predicted octanol–water partition coefficient (Wildman–Crippen LogP) is 2.58. The quantitative estimate of drug-likeness (QED) is 0.481. The fourth-order valence-corrected chi connectivity index (χ4v) is 2.48. The van der Waals surface area contributed by atoms with E-state index in [2.05, 4.69) is 5.32 Å². The molecule has 0 aromatic heterocycles. The number of rotatable bonds is 10. The zero-order valence-electron chi connectivity index (χ0n) is 16.2. The lowest BCUT2D eigenvalue weighted by Crippen LogP contribution is -2.30. The molecule has 0 radical (unpaired) electrons. The van der Waals surface area contributed by atoms with Gasteiger partial charge in [0.2, 0.25) is 0 Å². The molecule has 0 heterocycles. The second-order valence-corrected chi connectivity index (χ2v) is 5.95. The number of esters is 1. The molecule has 0 aliphatic carbocycles. The van der Waals surface area contributed by atoms with E-state index in [1.807, 2.05) is 32.0 Å².